The Morgan fingerprint density at radius 3 is 2.43 bits per heavy atom. The van der Waals surface area contributed by atoms with E-state index in [1.165, 1.54) is 5.56 Å². The predicted octanol–water partition coefficient (Wildman–Crippen LogP) is 3.09. The van der Waals surface area contributed by atoms with Crippen LogP contribution in [0.2, 0.25) is 0 Å². The summed E-state index contributed by atoms with van der Waals surface area (Å²) in [7, 11) is 1.90. The van der Waals surface area contributed by atoms with E-state index in [-0.39, 0.29) is 5.91 Å². The van der Waals surface area contributed by atoms with E-state index in [9.17, 15) is 4.79 Å². The first-order valence-electron chi connectivity index (χ1n) is 8.02. The van der Waals surface area contributed by atoms with Gasteiger partial charge in [0.05, 0.1) is 0 Å². The van der Waals surface area contributed by atoms with Crippen molar-refractivity contribution in [3.05, 3.63) is 35.9 Å². The maximum atomic E-state index is 12.2. The lowest BCUT2D eigenvalue weighted by molar-refractivity contribution is -0.130. The number of rotatable bonds is 9. The predicted molar refractivity (Wildman–Crippen MR) is 89.0 cm³/mol. The van der Waals surface area contributed by atoms with E-state index in [0.29, 0.717) is 24.8 Å². The van der Waals surface area contributed by atoms with Crippen molar-refractivity contribution in [2.24, 2.45) is 17.6 Å². The summed E-state index contributed by atoms with van der Waals surface area (Å²) >= 11 is 0. The van der Waals surface area contributed by atoms with Gasteiger partial charge in [0.2, 0.25) is 5.91 Å². The molecular formula is C18H30N2O. The Morgan fingerprint density at radius 2 is 1.86 bits per heavy atom. The maximum Gasteiger partial charge on any atom is 0.222 e. The van der Waals surface area contributed by atoms with Gasteiger partial charge in [0.25, 0.3) is 0 Å². The van der Waals surface area contributed by atoms with Crippen LogP contribution in [0.3, 0.4) is 0 Å². The molecule has 0 fully saturated rings. The van der Waals surface area contributed by atoms with E-state index in [2.05, 4.69) is 26.0 Å². The molecule has 0 heterocycles. The van der Waals surface area contributed by atoms with Gasteiger partial charge in [-0.1, -0.05) is 44.2 Å². The molecule has 0 aliphatic heterocycles. The standard InChI is InChI=1S/C18H30N2O/c1-15(2)17(11-13-19)9-10-18(21)20(3)14-12-16-7-5-4-6-8-16/h4-8,15,17H,9-14,19H2,1-3H3. The first-order chi connectivity index (χ1) is 10.0. The number of nitrogens with two attached hydrogens (primary N) is 1. The van der Waals surface area contributed by atoms with Crippen LogP contribution < -0.4 is 5.73 Å². The second-order valence-electron chi connectivity index (χ2n) is 6.17. The summed E-state index contributed by atoms with van der Waals surface area (Å²) in [6.07, 6.45) is 3.51. The third-order valence-electron chi connectivity index (χ3n) is 4.21. The number of hydrogen-bond acceptors (Lipinski definition) is 2. The van der Waals surface area contributed by atoms with Crippen LogP contribution in [-0.2, 0) is 11.2 Å². The van der Waals surface area contributed by atoms with Crippen LogP contribution in [0.1, 0.15) is 38.7 Å². The van der Waals surface area contributed by atoms with Crippen LogP contribution in [0.15, 0.2) is 30.3 Å². The maximum absolute atomic E-state index is 12.2. The van der Waals surface area contributed by atoms with Crippen molar-refractivity contribution in [1.29, 1.82) is 0 Å². The average molecular weight is 290 g/mol. The van der Waals surface area contributed by atoms with Crippen molar-refractivity contribution in [2.75, 3.05) is 20.1 Å². The topological polar surface area (TPSA) is 46.3 Å². The molecule has 0 spiro atoms. The van der Waals surface area contributed by atoms with Crippen molar-refractivity contribution in [3.63, 3.8) is 0 Å². The third-order valence-corrected chi connectivity index (χ3v) is 4.21. The number of carbonyl (C=O) groups excluding carboxylic acids is 1. The zero-order chi connectivity index (χ0) is 15.7. The van der Waals surface area contributed by atoms with Gasteiger partial charge in [0, 0.05) is 20.0 Å². The Labute approximate surface area is 129 Å². The molecule has 1 aromatic carbocycles. The molecule has 1 amide bonds. The molecule has 0 radical (unpaired) electrons. The lowest BCUT2D eigenvalue weighted by Crippen LogP contribution is -2.29. The van der Waals surface area contributed by atoms with Gasteiger partial charge >= 0.3 is 0 Å². The number of likely N-dealkylation sites (N-methyl/N-ethyl adjacent to an activating group) is 1. The summed E-state index contributed by atoms with van der Waals surface area (Å²) in [5.74, 6) is 1.39. The minimum absolute atomic E-state index is 0.244. The molecule has 2 N–H and O–H groups in total. The van der Waals surface area contributed by atoms with Gasteiger partial charge < -0.3 is 10.6 Å². The van der Waals surface area contributed by atoms with Gasteiger partial charge in [-0.25, -0.2) is 0 Å². The smallest absolute Gasteiger partial charge is 0.222 e. The summed E-state index contributed by atoms with van der Waals surface area (Å²) in [6, 6.07) is 10.3. The molecule has 21 heavy (non-hydrogen) atoms. The lowest BCUT2D eigenvalue weighted by atomic mass is 9.88. The van der Waals surface area contributed by atoms with E-state index in [0.717, 1.165) is 25.8 Å². The fourth-order valence-corrected chi connectivity index (χ4v) is 2.59. The van der Waals surface area contributed by atoms with Gasteiger partial charge in [-0.2, -0.15) is 0 Å². The van der Waals surface area contributed by atoms with Crippen LogP contribution in [0.4, 0.5) is 0 Å². The number of benzene rings is 1. The molecule has 0 saturated carbocycles. The Bertz CT molecular complexity index is 403. The number of carbonyl (C=O) groups is 1. The second-order valence-corrected chi connectivity index (χ2v) is 6.17. The average Bonchev–Trinajstić information content (AvgIpc) is 2.49. The molecule has 1 aromatic rings. The van der Waals surface area contributed by atoms with Gasteiger partial charge in [-0.3, -0.25) is 4.79 Å². The Kier molecular flexibility index (Phi) is 8.06. The zero-order valence-corrected chi connectivity index (χ0v) is 13.7. The molecule has 0 aliphatic carbocycles. The minimum atomic E-state index is 0.244. The van der Waals surface area contributed by atoms with E-state index < -0.39 is 0 Å². The van der Waals surface area contributed by atoms with E-state index in [4.69, 9.17) is 5.73 Å². The molecule has 0 aromatic heterocycles. The van der Waals surface area contributed by atoms with E-state index >= 15 is 0 Å². The van der Waals surface area contributed by atoms with Crippen molar-refractivity contribution >= 4 is 5.91 Å². The molecule has 0 bridgehead atoms. The van der Waals surface area contributed by atoms with Crippen molar-refractivity contribution in [3.8, 4) is 0 Å². The molecule has 1 rings (SSSR count). The first-order valence-corrected chi connectivity index (χ1v) is 8.02. The third kappa shape index (κ3) is 6.76. The molecular weight excluding hydrogens is 260 g/mol. The van der Waals surface area contributed by atoms with Crippen molar-refractivity contribution in [2.45, 2.75) is 39.5 Å². The normalized spacial score (nSPS) is 12.4. The zero-order valence-electron chi connectivity index (χ0n) is 13.7. The minimum Gasteiger partial charge on any atom is -0.345 e. The van der Waals surface area contributed by atoms with Crippen LogP contribution in [0.5, 0.6) is 0 Å². The highest BCUT2D eigenvalue weighted by Crippen LogP contribution is 2.20. The Hall–Kier alpha value is -1.35. The largest absolute Gasteiger partial charge is 0.345 e. The van der Waals surface area contributed by atoms with Crippen LogP contribution >= 0.6 is 0 Å². The lowest BCUT2D eigenvalue weighted by Gasteiger charge is -2.22. The molecule has 118 valence electrons. The summed E-state index contributed by atoms with van der Waals surface area (Å²) < 4.78 is 0. The highest BCUT2D eigenvalue weighted by atomic mass is 16.2. The SMILES string of the molecule is CC(C)C(CCN)CCC(=O)N(C)CCc1ccccc1. The molecule has 0 aliphatic rings. The summed E-state index contributed by atoms with van der Waals surface area (Å²) in [5, 5.41) is 0. The Balaban J connectivity index is 2.33. The number of amides is 1. The molecule has 1 atom stereocenters. The van der Waals surface area contributed by atoms with Crippen LogP contribution in [0.25, 0.3) is 0 Å². The molecule has 3 nitrogen and oxygen atoms in total. The number of nitrogens with zero attached hydrogens (tertiary/aromatic N) is 1. The summed E-state index contributed by atoms with van der Waals surface area (Å²) in [6.45, 7) is 5.92. The van der Waals surface area contributed by atoms with E-state index in [1.807, 2.05) is 30.1 Å². The summed E-state index contributed by atoms with van der Waals surface area (Å²) in [5.41, 5.74) is 6.93. The fourth-order valence-electron chi connectivity index (χ4n) is 2.59. The van der Waals surface area contributed by atoms with Crippen LogP contribution in [0, 0.1) is 11.8 Å². The molecule has 1 unspecified atom stereocenters. The van der Waals surface area contributed by atoms with E-state index in [1.54, 1.807) is 0 Å². The Morgan fingerprint density at radius 1 is 1.19 bits per heavy atom. The van der Waals surface area contributed by atoms with Gasteiger partial charge in [-0.15, -0.1) is 0 Å². The summed E-state index contributed by atoms with van der Waals surface area (Å²) in [4.78, 5) is 14.0. The van der Waals surface area contributed by atoms with Crippen LogP contribution in [-0.4, -0.2) is 30.9 Å². The number of hydrogen-bond donors (Lipinski definition) is 1. The fraction of sp³-hybridized carbons (Fsp3) is 0.611. The van der Waals surface area contributed by atoms with Gasteiger partial charge in [0.15, 0.2) is 0 Å². The molecule has 3 heteroatoms. The highest BCUT2D eigenvalue weighted by Gasteiger charge is 2.16. The van der Waals surface area contributed by atoms with Crippen molar-refractivity contribution < 1.29 is 4.79 Å². The first kappa shape index (κ1) is 17.7. The quantitative estimate of drug-likeness (QED) is 0.759. The highest BCUT2D eigenvalue weighted by molar-refractivity contribution is 5.75. The second kappa shape index (κ2) is 9.56. The van der Waals surface area contributed by atoms with Gasteiger partial charge in [-0.05, 0) is 43.2 Å². The van der Waals surface area contributed by atoms with Crippen molar-refractivity contribution in [1.82, 2.24) is 4.90 Å². The van der Waals surface area contributed by atoms with Gasteiger partial charge in [0.1, 0.15) is 0 Å². The molecule has 0 saturated heterocycles. The monoisotopic (exact) mass is 290 g/mol.